The smallest absolute Gasteiger partial charge is 0.337 e. The van der Waals surface area contributed by atoms with E-state index in [1.807, 2.05) is 6.92 Å². The highest BCUT2D eigenvalue weighted by Crippen LogP contribution is 2.28. The second-order valence-electron chi connectivity index (χ2n) is 7.90. The molecular formula is C25H26ClNO6S. The minimum absolute atomic E-state index is 0.000840. The third-order valence-corrected chi connectivity index (χ3v) is 7.44. The summed E-state index contributed by atoms with van der Waals surface area (Å²) >= 11 is 5.97. The number of aliphatic hydroxyl groups is 1. The summed E-state index contributed by atoms with van der Waals surface area (Å²) in [6, 6.07) is 17.2. The van der Waals surface area contributed by atoms with Gasteiger partial charge in [0.15, 0.2) is 0 Å². The van der Waals surface area contributed by atoms with E-state index in [-0.39, 0.29) is 27.1 Å². The fraction of sp³-hybridized carbons (Fsp3) is 0.240. The molecule has 7 nitrogen and oxygen atoms in total. The maximum absolute atomic E-state index is 13.1. The molecule has 0 unspecified atom stereocenters. The van der Waals surface area contributed by atoms with Gasteiger partial charge in [0.05, 0.1) is 28.6 Å². The van der Waals surface area contributed by atoms with Crippen molar-refractivity contribution in [1.82, 2.24) is 5.32 Å². The van der Waals surface area contributed by atoms with Gasteiger partial charge in [0.1, 0.15) is 5.75 Å². The number of aromatic carboxylic acids is 1. The van der Waals surface area contributed by atoms with Gasteiger partial charge in [0.25, 0.3) is 0 Å². The van der Waals surface area contributed by atoms with Gasteiger partial charge >= 0.3 is 5.97 Å². The molecule has 3 rings (SSSR count). The summed E-state index contributed by atoms with van der Waals surface area (Å²) in [6.45, 7) is 2.30. The normalized spacial score (nSPS) is 13.3. The van der Waals surface area contributed by atoms with Crippen molar-refractivity contribution in [2.24, 2.45) is 0 Å². The molecule has 180 valence electrons. The highest BCUT2D eigenvalue weighted by molar-refractivity contribution is 7.91. The summed E-state index contributed by atoms with van der Waals surface area (Å²) in [4.78, 5) is 11.3. The van der Waals surface area contributed by atoms with Crippen LogP contribution in [0.1, 0.15) is 34.5 Å². The summed E-state index contributed by atoms with van der Waals surface area (Å²) in [5.41, 5.74) is 1.27. The van der Waals surface area contributed by atoms with Crippen molar-refractivity contribution in [2.75, 3.05) is 13.7 Å². The molecule has 0 heterocycles. The lowest BCUT2D eigenvalue weighted by Gasteiger charge is -2.18. The number of nitrogens with one attached hydrogen (secondary N) is 1. The first kappa shape index (κ1) is 25.7. The Hall–Kier alpha value is -2.91. The largest absolute Gasteiger partial charge is 0.497 e. The van der Waals surface area contributed by atoms with Gasteiger partial charge in [-0.1, -0.05) is 35.9 Å². The number of methoxy groups -OCH3 is 1. The Balaban J connectivity index is 1.68. The van der Waals surface area contributed by atoms with E-state index in [1.54, 1.807) is 36.4 Å². The number of halogens is 1. The standard InChI is InChI=1S/C25H26ClNO6S/c1-16(27-15-23(28)18-4-3-5-19(26)13-18)12-17-6-9-21(10-7-17)34(31,32)24-11-8-20(33-2)14-22(24)25(29)30/h3-11,13-14,16,23,27-28H,12,15H2,1-2H3,(H,29,30)/t16-,23-/m1/s1. The summed E-state index contributed by atoms with van der Waals surface area (Å²) in [5, 5.41) is 23.6. The SMILES string of the molecule is COc1ccc(S(=O)(=O)c2ccc(C[C@@H](C)NC[C@@H](O)c3cccc(Cl)c3)cc2)c(C(=O)O)c1. The first-order valence-electron chi connectivity index (χ1n) is 10.5. The Kier molecular flexibility index (Phi) is 8.33. The number of carbonyl (C=O) groups is 1. The van der Waals surface area contributed by atoms with Crippen molar-refractivity contribution in [3.8, 4) is 5.75 Å². The molecular weight excluding hydrogens is 478 g/mol. The van der Waals surface area contributed by atoms with Crippen molar-refractivity contribution in [3.63, 3.8) is 0 Å². The second kappa shape index (κ2) is 11.0. The van der Waals surface area contributed by atoms with Crippen LogP contribution >= 0.6 is 11.6 Å². The Morgan fingerprint density at radius 2 is 1.79 bits per heavy atom. The number of carboxylic acids is 1. The molecule has 0 saturated heterocycles. The molecule has 0 aliphatic heterocycles. The quantitative estimate of drug-likeness (QED) is 0.381. The van der Waals surface area contributed by atoms with Crippen LogP contribution in [0.3, 0.4) is 0 Å². The molecule has 0 radical (unpaired) electrons. The molecule has 0 amide bonds. The zero-order valence-electron chi connectivity index (χ0n) is 18.7. The zero-order chi connectivity index (χ0) is 24.9. The van der Waals surface area contributed by atoms with E-state index >= 15 is 0 Å². The number of carboxylic acid groups (broad SMARTS) is 1. The van der Waals surface area contributed by atoms with Crippen LogP contribution in [0, 0.1) is 0 Å². The number of ether oxygens (including phenoxy) is 1. The van der Waals surface area contributed by atoms with Crippen LogP contribution in [-0.2, 0) is 16.3 Å². The summed E-state index contributed by atoms with van der Waals surface area (Å²) in [6.07, 6.45) is -0.104. The minimum Gasteiger partial charge on any atom is -0.497 e. The van der Waals surface area contributed by atoms with Crippen molar-refractivity contribution < 1.29 is 28.2 Å². The average molecular weight is 504 g/mol. The van der Waals surface area contributed by atoms with Crippen LogP contribution in [0.4, 0.5) is 0 Å². The Labute approximate surface area is 203 Å². The maximum atomic E-state index is 13.1. The van der Waals surface area contributed by atoms with Gasteiger partial charge in [-0.15, -0.1) is 0 Å². The summed E-state index contributed by atoms with van der Waals surface area (Å²) in [5.74, 6) is -1.09. The van der Waals surface area contributed by atoms with Crippen LogP contribution in [-0.4, -0.2) is 44.3 Å². The molecule has 0 aliphatic carbocycles. The fourth-order valence-electron chi connectivity index (χ4n) is 3.54. The number of aliphatic hydroxyl groups excluding tert-OH is 1. The zero-order valence-corrected chi connectivity index (χ0v) is 20.3. The molecule has 0 saturated carbocycles. The monoisotopic (exact) mass is 503 g/mol. The van der Waals surface area contributed by atoms with Gasteiger partial charge in [-0.2, -0.15) is 0 Å². The van der Waals surface area contributed by atoms with Crippen molar-refractivity contribution in [3.05, 3.63) is 88.4 Å². The Morgan fingerprint density at radius 3 is 2.41 bits per heavy atom. The molecule has 3 N–H and O–H groups in total. The van der Waals surface area contributed by atoms with Gasteiger partial charge in [-0.3, -0.25) is 0 Å². The lowest BCUT2D eigenvalue weighted by Crippen LogP contribution is -2.32. The molecule has 0 fully saturated rings. The first-order chi connectivity index (χ1) is 16.1. The van der Waals surface area contributed by atoms with E-state index in [1.165, 1.54) is 37.4 Å². The lowest BCUT2D eigenvalue weighted by molar-refractivity contribution is 0.0692. The molecule has 34 heavy (non-hydrogen) atoms. The van der Waals surface area contributed by atoms with Gasteiger partial charge in [-0.05, 0) is 66.9 Å². The molecule has 9 heteroatoms. The summed E-state index contributed by atoms with van der Waals surface area (Å²) in [7, 11) is -2.66. The number of rotatable bonds is 10. The topological polar surface area (TPSA) is 113 Å². The van der Waals surface area contributed by atoms with Crippen molar-refractivity contribution >= 4 is 27.4 Å². The van der Waals surface area contributed by atoms with E-state index in [0.29, 0.717) is 18.0 Å². The fourth-order valence-corrected chi connectivity index (χ4v) is 5.17. The molecule has 3 aromatic rings. The lowest BCUT2D eigenvalue weighted by atomic mass is 10.1. The van der Waals surface area contributed by atoms with Gasteiger partial charge in [0, 0.05) is 17.6 Å². The second-order valence-corrected chi connectivity index (χ2v) is 10.3. The molecule has 0 aliphatic rings. The average Bonchev–Trinajstić information content (AvgIpc) is 2.82. The van der Waals surface area contributed by atoms with Crippen LogP contribution in [0.15, 0.2) is 76.5 Å². The van der Waals surface area contributed by atoms with Crippen LogP contribution in [0.5, 0.6) is 5.75 Å². The maximum Gasteiger partial charge on any atom is 0.337 e. The number of hydrogen-bond donors (Lipinski definition) is 3. The molecule has 0 spiro atoms. The van der Waals surface area contributed by atoms with E-state index in [4.69, 9.17) is 16.3 Å². The van der Waals surface area contributed by atoms with Crippen LogP contribution in [0.25, 0.3) is 0 Å². The molecule has 2 atom stereocenters. The molecule has 3 aromatic carbocycles. The predicted molar refractivity (Wildman–Crippen MR) is 129 cm³/mol. The Morgan fingerprint density at radius 1 is 1.09 bits per heavy atom. The van der Waals surface area contributed by atoms with Crippen molar-refractivity contribution in [1.29, 1.82) is 0 Å². The van der Waals surface area contributed by atoms with E-state index in [9.17, 15) is 23.4 Å². The minimum atomic E-state index is -4.04. The van der Waals surface area contributed by atoms with E-state index < -0.39 is 21.9 Å². The summed E-state index contributed by atoms with van der Waals surface area (Å²) < 4.78 is 31.2. The van der Waals surface area contributed by atoms with E-state index in [0.717, 1.165) is 11.1 Å². The van der Waals surface area contributed by atoms with Gasteiger partial charge in [-0.25, -0.2) is 13.2 Å². The molecule has 0 aromatic heterocycles. The number of hydrogen-bond acceptors (Lipinski definition) is 6. The van der Waals surface area contributed by atoms with Gasteiger partial charge < -0.3 is 20.3 Å². The van der Waals surface area contributed by atoms with Crippen molar-refractivity contribution in [2.45, 2.75) is 35.3 Å². The highest BCUT2D eigenvalue weighted by atomic mass is 35.5. The van der Waals surface area contributed by atoms with Crippen LogP contribution in [0.2, 0.25) is 5.02 Å². The third-order valence-electron chi connectivity index (χ3n) is 5.38. The third kappa shape index (κ3) is 6.15. The number of sulfone groups is 1. The number of benzene rings is 3. The van der Waals surface area contributed by atoms with Gasteiger partial charge in [0.2, 0.25) is 9.84 Å². The molecule has 0 bridgehead atoms. The first-order valence-corrected chi connectivity index (χ1v) is 12.4. The Bertz CT molecular complexity index is 1260. The predicted octanol–water partition coefficient (Wildman–Crippen LogP) is 4.13. The highest BCUT2D eigenvalue weighted by Gasteiger charge is 2.25. The van der Waals surface area contributed by atoms with Crippen LogP contribution < -0.4 is 10.1 Å². The van der Waals surface area contributed by atoms with E-state index in [2.05, 4.69) is 5.32 Å².